The average molecular weight is 1340 g/mol. The van der Waals surface area contributed by atoms with Gasteiger partial charge in [0, 0.05) is 28.6 Å². The maximum atomic E-state index is 13.5. The zero-order valence-electron chi connectivity index (χ0n) is 17.0. The molecule has 37 heavy (non-hydrogen) atoms. The molecule has 0 N–H and O–H groups in total. The highest BCUT2D eigenvalue weighted by atomic mass is 127. The molecule has 0 atom stereocenters. The van der Waals surface area contributed by atoms with Crippen molar-refractivity contribution in [3.63, 3.8) is 0 Å². The molecule has 3 aromatic carbocycles. The monoisotopic (exact) mass is 1340 g/mol. The second-order valence-corrected chi connectivity index (χ2v) is 17.0. The van der Waals surface area contributed by atoms with Gasteiger partial charge in [0.05, 0.1) is 23.2 Å². The molecular formula is C20H4Br4I5O7S-. The zero-order valence-corrected chi connectivity index (χ0v) is 34.9. The van der Waals surface area contributed by atoms with E-state index in [0.29, 0.717) is 21.8 Å². The fraction of sp³-hybridized carbons (Fsp3) is 0. The first-order chi connectivity index (χ1) is 17.0. The molecule has 0 aliphatic heterocycles. The van der Waals surface area contributed by atoms with Gasteiger partial charge in [-0.2, -0.15) is 0 Å². The van der Waals surface area contributed by atoms with Crippen molar-refractivity contribution in [2.45, 2.75) is 4.90 Å². The molecular weight excluding hydrogens is 1340 g/mol. The van der Waals surface area contributed by atoms with Crippen LogP contribution < -0.4 is 9.47 Å². The highest BCUT2D eigenvalue weighted by Crippen LogP contribution is 2.43. The minimum atomic E-state index is -4.74. The number of esters is 2. The van der Waals surface area contributed by atoms with E-state index >= 15 is 0 Å². The van der Waals surface area contributed by atoms with E-state index < -0.39 is 27.0 Å². The Balaban J connectivity index is 2.12. The Hall–Kier alpha value is 2.08. The Morgan fingerprint density at radius 2 is 1.08 bits per heavy atom. The van der Waals surface area contributed by atoms with Gasteiger partial charge in [0.1, 0.15) is 15.9 Å². The van der Waals surface area contributed by atoms with E-state index in [1.807, 2.05) is 12.1 Å². The Morgan fingerprint density at radius 1 is 0.676 bits per heavy atom. The predicted molar refractivity (Wildman–Crippen MR) is 192 cm³/mol. The van der Waals surface area contributed by atoms with E-state index in [4.69, 9.17) is 9.47 Å². The van der Waals surface area contributed by atoms with Crippen LogP contribution in [0.25, 0.3) is 0 Å². The van der Waals surface area contributed by atoms with Gasteiger partial charge < -0.3 is 14.0 Å². The van der Waals surface area contributed by atoms with Gasteiger partial charge in [0.25, 0.3) is 0 Å². The third kappa shape index (κ3) is 7.73. The van der Waals surface area contributed by atoms with Crippen molar-refractivity contribution in [1.82, 2.24) is 0 Å². The molecule has 0 saturated carbocycles. The second kappa shape index (κ2) is 13.6. The van der Waals surface area contributed by atoms with Crippen molar-refractivity contribution in [3.8, 4) is 11.5 Å². The van der Waals surface area contributed by atoms with Gasteiger partial charge in [-0.1, -0.05) is 0 Å². The Bertz CT molecular complexity index is 1550. The summed E-state index contributed by atoms with van der Waals surface area (Å²) in [6.07, 6.45) is 0. The number of hydrogen-bond acceptors (Lipinski definition) is 7. The van der Waals surface area contributed by atoms with Crippen LogP contribution in [-0.2, 0) is 10.1 Å². The number of carbonyl (C=O) groups is 2. The molecule has 0 fully saturated rings. The van der Waals surface area contributed by atoms with Gasteiger partial charge >= 0.3 is 11.9 Å². The standard InChI is InChI=1S/C20H5Br4I5O7S/c21-13-11(19(30)35-6-3-9(28)18(10(29)4-6)37(32,33)34)12(14(22)16(24)15(13)23)20(31)36-17-7(26)1-5(25)2-8(17)27/h1-4H,(H,32,33,34)/p-1. The Labute approximate surface area is 312 Å². The summed E-state index contributed by atoms with van der Waals surface area (Å²) in [5.41, 5.74) is -0.256. The number of benzene rings is 3. The summed E-state index contributed by atoms with van der Waals surface area (Å²) in [6.45, 7) is 0. The zero-order chi connectivity index (χ0) is 28.0. The number of halogens is 9. The normalized spacial score (nSPS) is 11.4. The molecule has 0 saturated heterocycles. The van der Waals surface area contributed by atoms with Crippen LogP contribution in [0.5, 0.6) is 11.5 Å². The lowest BCUT2D eigenvalue weighted by Crippen LogP contribution is -2.20. The van der Waals surface area contributed by atoms with Gasteiger partial charge in [0.2, 0.25) is 0 Å². The van der Waals surface area contributed by atoms with Crippen molar-refractivity contribution in [2.75, 3.05) is 0 Å². The minimum Gasteiger partial charge on any atom is -0.744 e. The first-order valence-electron chi connectivity index (χ1n) is 8.94. The fourth-order valence-electron chi connectivity index (χ4n) is 2.78. The molecule has 0 amide bonds. The molecule has 0 aliphatic rings. The highest BCUT2D eigenvalue weighted by Gasteiger charge is 2.31. The van der Waals surface area contributed by atoms with E-state index in [0.717, 1.165) is 3.57 Å². The first kappa shape index (κ1) is 33.6. The molecule has 17 heteroatoms. The number of hydrogen-bond donors (Lipinski definition) is 0. The van der Waals surface area contributed by atoms with Gasteiger partial charge in [-0.15, -0.1) is 0 Å². The third-order valence-electron chi connectivity index (χ3n) is 4.27. The molecule has 3 rings (SSSR count). The van der Waals surface area contributed by atoms with E-state index in [1.54, 1.807) is 45.2 Å². The summed E-state index contributed by atoms with van der Waals surface area (Å²) in [5, 5.41) is 0. The summed E-state index contributed by atoms with van der Waals surface area (Å²) in [4.78, 5) is 26.4. The molecule has 0 unspecified atom stereocenters. The fourth-order valence-corrected chi connectivity index (χ4v) is 12.9. The Morgan fingerprint density at radius 3 is 1.49 bits per heavy atom. The number of carbonyl (C=O) groups excluding carboxylic acids is 2. The average Bonchev–Trinajstić information content (AvgIpc) is 2.75. The molecule has 3 aromatic rings. The van der Waals surface area contributed by atoms with Gasteiger partial charge in [-0.05, 0) is 201 Å². The first-order valence-corrected chi connectivity index (χ1v) is 18.9. The molecule has 7 nitrogen and oxygen atoms in total. The van der Waals surface area contributed by atoms with Crippen LogP contribution in [-0.4, -0.2) is 24.9 Å². The second-order valence-electron chi connectivity index (χ2n) is 6.65. The van der Waals surface area contributed by atoms with Crippen LogP contribution in [0, 0.1) is 17.9 Å². The SMILES string of the molecule is O=C(Oc1cc(I)c(S(=O)(=O)[O-])c(I)c1)c1c(Br)c(Br)c(Br)c(Br)c1C(=O)Oc1c(I)cc(I)cc1I. The highest BCUT2D eigenvalue weighted by molar-refractivity contribution is 14.1. The van der Waals surface area contributed by atoms with Crippen LogP contribution in [0.2, 0.25) is 0 Å². The summed E-state index contributed by atoms with van der Waals surface area (Å²) >= 11 is 23.1. The molecule has 0 radical (unpaired) electrons. The van der Waals surface area contributed by atoms with Crippen molar-refractivity contribution in [3.05, 3.63) is 71.1 Å². The lowest BCUT2D eigenvalue weighted by atomic mass is 10.1. The summed E-state index contributed by atoms with van der Waals surface area (Å²) in [6, 6.07) is 6.18. The van der Waals surface area contributed by atoms with Crippen LogP contribution in [0.15, 0.2) is 47.1 Å². The number of ether oxygens (including phenoxy) is 2. The van der Waals surface area contributed by atoms with E-state index in [-0.39, 0.29) is 33.0 Å². The van der Waals surface area contributed by atoms with Crippen molar-refractivity contribution >= 4 is 199 Å². The maximum Gasteiger partial charge on any atom is 0.345 e. The molecule has 0 heterocycles. The van der Waals surface area contributed by atoms with E-state index in [1.165, 1.54) is 12.1 Å². The van der Waals surface area contributed by atoms with Crippen LogP contribution in [0.4, 0.5) is 0 Å². The predicted octanol–water partition coefficient (Wildman–Crippen LogP) is 9.10. The van der Waals surface area contributed by atoms with Crippen LogP contribution in [0.1, 0.15) is 20.7 Å². The van der Waals surface area contributed by atoms with Gasteiger partial charge in [0.15, 0.2) is 5.75 Å². The lowest BCUT2D eigenvalue weighted by Gasteiger charge is -2.17. The summed E-state index contributed by atoms with van der Waals surface area (Å²) < 4.78 is 49.8. The maximum absolute atomic E-state index is 13.5. The van der Waals surface area contributed by atoms with Crippen LogP contribution in [0.3, 0.4) is 0 Å². The van der Waals surface area contributed by atoms with Crippen molar-refractivity contribution in [2.24, 2.45) is 0 Å². The quantitative estimate of drug-likeness (QED) is 0.0627. The molecule has 196 valence electrons. The summed E-state index contributed by atoms with van der Waals surface area (Å²) in [5.74, 6) is -1.42. The van der Waals surface area contributed by atoms with E-state index in [9.17, 15) is 22.6 Å². The van der Waals surface area contributed by atoms with Gasteiger partial charge in [-0.25, -0.2) is 18.0 Å². The minimum absolute atomic E-state index is 0.0192. The Kier molecular flexibility index (Phi) is 12.3. The summed E-state index contributed by atoms with van der Waals surface area (Å²) in [7, 11) is -4.74. The van der Waals surface area contributed by atoms with Gasteiger partial charge in [-0.3, -0.25) is 0 Å². The van der Waals surface area contributed by atoms with Crippen molar-refractivity contribution in [1.29, 1.82) is 0 Å². The van der Waals surface area contributed by atoms with Crippen molar-refractivity contribution < 1.29 is 32.0 Å². The topological polar surface area (TPSA) is 110 Å². The third-order valence-corrected chi connectivity index (χ3v) is 14.6. The molecule has 0 aliphatic carbocycles. The smallest absolute Gasteiger partial charge is 0.345 e. The van der Waals surface area contributed by atoms with Crippen LogP contribution >= 0.6 is 177 Å². The lowest BCUT2D eigenvalue weighted by molar-refractivity contribution is 0.0688. The van der Waals surface area contributed by atoms with E-state index in [2.05, 4.69) is 131 Å². The largest absolute Gasteiger partial charge is 0.744 e. The molecule has 0 aromatic heterocycles. The number of rotatable bonds is 5. The molecule has 0 bridgehead atoms. The molecule has 0 spiro atoms.